The Balaban J connectivity index is 1.68. The molecule has 0 saturated heterocycles. The van der Waals surface area contributed by atoms with E-state index >= 15 is 0 Å². The molecule has 0 saturated carbocycles. The number of nitrogens with two attached hydrogens (primary N) is 1. The van der Waals surface area contributed by atoms with Crippen LogP contribution in [0.5, 0.6) is 0 Å². The Labute approximate surface area is 160 Å². The van der Waals surface area contributed by atoms with Crippen LogP contribution < -0.4 is 5.73 Å². The second-order valence-corrected chi connectivity index (χ2v) is 6.68. The fourth-order valence-electron chi connectivity index (χ4n) is 2.58. The summed E-state index contributed by atoms with van der Waals surface area (Å²) in [6.07, 6.45) is 2.12. The summed E-state index contributed by atoms with van der Waals surface area (Å²) < 4.78 is 4.78. The molecule has 0 spiro atoms. The first-order valence-electron chi connectivity index (χ1n) is 8.25. The van der Waals surface area contributed by atoms with Gasteiger partial charge in [0.25, 0.3) is 0 Å². The number of carbonyl (C=O) groups excluding carboxylic acids is 2. The van der Waals surface area contributed by atoms with Crippen molar-refractivity contribution in [1.82, 2.24) is 4.98 Å². The van der Waals surface area contributed by atoms with Gasteiger partial charge >= 0.3 is 11.9 Å². The summed E-state index contributed by atoms with van der Waals surface area (Å²) >= 11 is 1.41. The van der Waals surface area contributed by atoms with E-state index in [1.807, 2.05) is 35.7 Å². The van der Waals surface area contributed by atoms with Gasteiger partial charge in [0, 0.05) is 12.4 Å². The number of hydrogen-bond acceptors (Lipinski definition) is 7. The van der Waals surface area contributed by atoms with Crippen molar-refractivity contribution in [2.24, 2.45) is 5.73 Å². The van der Waals surface area contributed by atoms with Gasteiger partial charge in [0.15, 0.2) is 0 Å². The molecule has 2 unspecified atom stereocenters. The Bertz CT molecular complexity index is 912. The minimum atomic E-state index is -1.38. The summed E-state index contributed by atoms with van der Waals surface area (Å²) in [4.78, 5) is 27.9. The van der Waals surface area contributed by atoms with E-state index in [0.29, 0.717) is 12.0 Å². The molecule has 0 radical (unpaired) electrons. The molecule has 6 nitrogen and oxygen atoms in total. The predicted octanol–water partition coefficient (Wildman–Crippen LogP) is 2.48. The zero-order valence-electron chi connectivity index (χ0n) is 14.3. The first-order valence-corrected chi connectivity index (χ1v) is 9.19. The van der Waals surface area contributed by atoms with Gasteiger partial charge in [-0.2, -0.15) is 11.3 Å². The molecular formula is C20H18N2O4S. The maximum absolute atomic E-state index is 12.2. The number of carbonyl (C=O) groups is 2. The lowest BCUT2D eigenvalue weighted by Gasteiger charge is -2.18. The molecule has 3 rings (SSSR count). The lowest BCUT2D eigenvalue weighted by molar-refractivity contribution is -0.142. The van der Waals surface area contributed by atoms with Gasteiger partial charge in [0.05, 0.1) is 5.56 Å². The molecule has 3 N–H and O–H groups in total. The highest BCUT2D eigenvalue weighted by atomic mass is 32.1. The van der Waals surface area contributed by atoms with Crippen molar-refractivity contribution in [3.63, 3.8) is 0 Å². The Morgan fingerprint density at radius 2 is 1.93 bits per heavy atom. The third kappa shape index (κ3) is 4.65. The molecule has 27 heavy (non-hydrogen) atoms. The van der Waals surface area contributed by atoms with E-state index in [2.05, 4.69) is 4.98 Å². The molecule has 0 amide bonds. The number of esters is 2. The molecule has 138 valence electrons. The lowest BCUT2D eigenvalue weighted by Crippen LogP contribution is -2.39. The molecule has 3 aromatic rings. The third-order valence-electron chi connectivity index (χ3n) is 4.03. The number of hydrogen-bond donors (Lipinski definition) is 2. The monoisotopic (exact) mass is 382 g/mol. The zero-order valence-corrected chi connectivity index (χ0v) is 15.1. The zero-order chi connectivity index (χ0) is 19.2. The van der Waals surface area contributed by atoms with Crippen LogP contribution in [0.3, 0.4) is 0 Å². The van der Waals surface area contributed by atoms with Crippen LogP contribution in [0.15, 0.2) is 65.6 Å². The van der Waals surface area contributed by atoms with Crippen LogP contribution in [-0.4, -0.2) is 28.1 Å². The summed E-state index contributed by atoms with van der Waals surface area (Å²) in [5.74, 6) is -1.85. The first kappa shape index (κ1) is 18.9. The van der Waals surface area contributed by atoms with Gasteiger partial charge in [-0.1, -0.05) is 30.3 Å². The summed E-state index contributed by atoms with van der Waals surface area (Å²) in [5.41, 5.74) is 8.49. The molecule has 2 heterocycles. The number of aliphatic hydroxyl groups is 1. The van der Waals surface area contributed by atoms with Crippen LogP contribution in [0.2, 0.25) is 0 Å². The van der Waals surface area contributed by atoms with Gasteiger partial charge in [0.1, 0.15) is 12.1 Å². The van der Waals surface area contributed by atoms with Gasteiger partial charge in [-0.3, -0.25) is 4.98 Å². The van der Waals surface area contributed by atoms with Crippen molar-refractivity contribution in [1.29, 1.82) is 0 Å². The van der Waals surface area contributed by atoms with Crippen molar-refractivity contribution in [3.8, 4) is 0 Å². The van der Waals surface area contributed by atoms with Crippen LogP contribution in [-0.2, 0) is 16.0 Å². The van der Waals surface area contributed by atoms with Gasteiger partial charge in [-0.15, -0.1) is 0 Å². The van der Waals surface area contributed by atoms with E-state index in [9.17, 15) is 14.7 Å². The largest absolute Gasteiger partial charge is 0.388 e. The minimum absolute atomic E-state index is 0.132. The number of nitrogens with zero attached hydrogens (tertiary/aromatic N) is 1. The van der Waals surface area contributed by atoms with Crippen molar-refractivity contribution in [2.75, 3.05) is 0 Å². The Kier molecular flexibility index (Phi) is 6.08. The smallest absolute Gasteiger partial charge is 0.347 e. The predicted molar refractivity (Wildman–Crippen MR) is 101 cm³/mol. The number of aliphatic hydroxyl groups excluding tert-OH is 1. The van der Waals surface area contributed by atoms with Crippen molar-refractivity contribution in [3.05, 3.63) is 87.9 Å². The van der Waals surface area contributed by atoms with Gasteiger partial charge in [-0.25, -0.2) is 9.59 Å². The van der Waals surface area contributed by atoms with Crippen molar-refractivity contribution in [2.45, 2.75) is 18.6 Å². The van der Waals surface area contributed by atoms with Gasteiger partial charge in [0.2, 0.25) is 0 Å². The van der Waals surface area contributed by atoms with E-state index in [1.165, 1.54) is 29.8 Å². The van der Waals surface area contributed by atoms with E-state index in [4.69, 9.17) is 10.5 Å². The maximum atomic E-state index is 12.2. The average Bonchev–Trinajstić information content (AvgIpc) is 3.16. The molecule has 7 heteroatoms. The first-order chi connectivity index (χ1) is 13.1. The Hall–Kier alpha value is -2.87. The van der Waals surface area contributed by atoms with Gasteiger partial charge in [-0.05, 0) is 46.0 Å². The Morgan fingerprint density at radius 1 is 1.15 bits per heavy atom. The quantitative estimate of drug-likeness (QED) is 0.502. The number of ether oxygens (including phenoxy) is 1. The molecule has 0 aliphatic rings. The Morgan fingerprint density at radius 3 is 2.63 bits per heavy atom. The SMILES string of the molecule is NC(C(=O)OC(=O)c1cccnc1)C(O)c1cscc1Cc1ccccc1. The number of thiophene rings is 1. The lowest BCUT2D eigenvalue weighted by atomic mass is 9.97. The van der Waals surface area contributed by atoms with Crippen LogP contribution in [0, 0.1) is 0 Å². The summed E-state index contributed by atoms with van der Waals surface area (Å²) in [6, 6.07) is 11.4. The normalized spacial score (nSPS) is 13.0. The molecule has 0 bridgehead atoms. The molecule has 0 fully saturated rings. The van der Waals surface area contributed by atoms with E-state index < -0.39 is 24.1 Å². The minimum Gasteiger partial charge on any atom is -0.388 e. The van der Waals surface area contributed by atoms with E-state index in [1.54, 1.807) is 11.4 Å². The van der Waals surface area contributed by atoms with Crippen LogP contribution in [0.4, 0.5) is 0 Å². The van der Waals surface area contributed by atoms with Crippen molar-refractivity contribution < 1.29 is 19.4 Å². The maximum Gasteiger partial charge on any atom is 0.347 e. The average molecular weight is 382 g/mol. The van der Waals surface area contributed by atoms with Crippen LogP contribution in [0.1, 0.15) is 33.2 Å². The molecule has 0 aliphatic heterocycles. The highest BCUT2D eigenvalue weighted by molar-refractivity contribution is 7.08. The van der Waals surface area contributed by atoms with E-state index in [-0.39, 0.29) is 5.56 Å². The highest BCUT2D eigenvalue weighted by Gasteiger charge is 2.29. The van der Waals surface area contributed by atoms with Gasteiger partial charge < -0.3 is 15.6 Å². The second-order valence-electron chi connectivity index (χ2n) is 5.94. The molecular weight excluding hydrogens is 364 g/mol. The summed E-state index contributed by atoms with van der Waals surface area (Å²) in [7, 11) is 0. The fraction of sp³-hybridized carbons (Fsp3) is 0.150. The van der Waals surface area contributed by atoms with Crippen LogP contribution in [0.25, 0.3) is 0 Å². The van der Waals surface area contributed by atoms with E-state index in [0.717, 1.165) is 11.1 Å². The number of benzene rings is 1. The highest BCUT2D eigenvalue weighted by Crippen LogP contribution is 2.27. The molecule has 1 aromatic carbocycles. The standard InChI is InChI=1S/C20H18N2O4S/c21-17(20(25)26-19(24)14-7-4-8-22-10-14)18(23)16-12-27-11-15(16)9-13-5-2-1-3-6-13/h1-8,10-12,17-18,23H,9,21H2. The number of pyridine rings is 1. The number of aromatic nitrogens is 1. The van der Waals surface area contributed by atoms with Crippen molar-refractivity contribution >= 4 is 23.3 Å². The molecule has 2 atom stereocenters. The molecule has 0 aliphatic carbocycles. The number of rotatable bonds is 6. The third-order valence-corrected chi connectivity index (χ3v) is 4.85. The van der Waals surface area contributed by atoms with Crippen LogP contribution >= 0.6 is 11.3 Å². The fourth-order valence-corrected chi connectivity index (χ4v) is 3.47. The summed E-state index contributed by atoms with van der Waals surface area (Å²) in [6.45, 7) is 0. The second kappa shape index (κ2) is 8.68. The molecule has 2 aromatic heterocycles. The summed E-state index contributed by atoms with van der Waals surface area (Å²) in [5, 5.41) is 14.2. The topological polar surface area (TPSA) is 103 Å².